The molecule has 0 aromatic heterocycles. The lowest BCUT2D eigenvalue weighted by Gasteiger charge is -2.26. The van der Waals surface area contributed by atoms with Crippen LogP contribution in [0.4, 0.5) is 0 Å². The van der Waals surface area contributed by atoms with Gasteiger partial charge in [0.2, 0.25) is 5.91 Å². The molecule has 0 bridgehead atoms. The largest absolute Gasteiger partial charge is 0.395 e. The van der Waals surface area contributed by atoms with Gasteiger partial charge in [-0.15, -0.1) is 0 Å². The van der Waals surface area contributed by atoms with Gasteiger partial charge in [-0.05, 0) is 44.2 Å². The predicted octanol–water partition coefficient (Wildman–Crippen LogP) is 0.607. The minimum absolute atomic E-state index is 0.0764. The maximum Gasteiger partial charge on any atom is 0.226 e. The van der Waals surface area contributed by atoms with Crippen molar-refractivity contribution in [2.75, 3.05) is 32.8 Å². The van der Waals surface area contributed by atoms with Crippen molar-refractivity contribution in [3.63, 3.8) is 0 Å². The fourth-order valence-electron chi connectivity index (χ4n) is 3.12. The number of nitrogens with one attached hydrogen (secondary N) is 1. The molecule has 2 aliphatic rings. The smallest absolute Gasteiger partial charge is 0.226 e. The van der Waals surface area contributed by atoms with Gasteiger partial charge in [0.25, 0.3) is 0 Å². The SMILES string of the molecule is CCCN(CCO)C(=O)C1CC12CCNCC2. The number of nitrogens with zero attached hydrogens (tertiary/aromatic N) is 1. The van der Waals surface area contributed by atoms with E-state index in [4.69, 9.17) is 5.11 Å². The summed E-state index contributed by atoms with van der Waals surface area (Å²) in [7, 11) is 0. The number of aliphatic hydroxyl groups excluding tert-OH is 1. The van der Waals surface area contributed by atoms with Gasteiger partial charge in [0.15, 0.2) is 0 Å². The van der Waals surface area contributed by atoms with E-state index in [0.717, 1.165) is 45.3 Å². The Morgan fingerprint density at radius 1 is 1.41 bits per heavy atom. The van der Waals surface area contributed by atoms with Crippen LogP contribution >= 0.6 is 0 Å². The zero-order valence-electron chi connectivity index (χ0n) is 10.7. The molecule has 4 heteroatoms. The van der Waals surface area contributed by atoms with Crippen molar-refractivity contribution in [3.05, 3.63) is 0 Å². The average Bonchev–Trinajstić information content (AvgIpc) is 3.03. The second kappa shape index (κ2) is 5.36. The number of carbonyl (C=O) groups is 1. The number of carbonyl (C=O) groups excluding carboxylic acids is 1. The molecule has 0 radical (unpaired) electrons. The first-order valence-corrected chi connectivity index (χ1v) is 6.84. The van der Waals surface area contributed by atoms with Crippen LogP contribution in [0, 0.1) is 11.3 Å². The van der Waals surface area contributed by atoms with E-state index < -0.39 is 0 Å². The predicted molar refractivity (Wildman–Crippen MR) is 66.6 cm³/mol. The highest BCUT2D eigenvalue weighted by Crippen LogP contribution is 2.59. The molecule has 17 heavy (non-hydrogen) atoms. The lowest BCUT2D eigenvalue weighted by Crippen LogP contribution is -2.38. The van der Waals surface area contributed by atoms with Gasteiger partial charge in [0, 0.05) is 19.0 Å². The monoisotopic (exact) mass is 240 g/mol. The Morgan fingerprint density at radius 3 is 2.71 bits per heavy atom. The Bertz CT molecular complexity index is 269. The highest BCUT2D eigenvalue weighted by molar-refractivity contribution is 5.82. The van der Waals surface area contributed by atoms with Gasteiger partial charge in [-0.3, -0.25) is 4.79 Å². The van der Waals surface area contributed by atoms with Crippen LogP contribution in [0.15, 0.2) is 0 Å². The lowest BCUT2D eigenvalue weighted by atomic mass is 9.91. The summed E-state index contributed by atoms with van der Waals surface area (Å²) in [4.78, 5) is 14.2. The minimum atomic E-state index is 0.0764. The maximum absolute atomic E-state index is 12.4. The Hall–Kier alpha value is -0.610. The van der Waals surface area contributed by atoms with Gasteiger partial charge in [-0.2, -0.15) is 0 Å². The minimum Gasteiger partial charge on any atom is -0.395 e. The van der Waals surface area contributed by atoms with Crippen molar-refractivity contribution < 1.29 is 9.90 Å². The zero-order chi connectivity index (χ0) is 12.3. The summed E-state index contributed by atoms with van der Waals surface area (Å²) in [5, 5.41) is 12.4. The first-order chi connectivity index (χ1) is 8.23. The number of rotatable bonds is 5. The summed E-state index contributed by atoms with van der Waals surface area (Å²) in [6.07, 6.45) is 4.32. The molecule has 2 fully saturated rings. The van der Waals surface area contributed by atoms with Crippen LogP contribution in [0.2, 0.25) is 0 Å². The molecule has 1 saturated heterocycles. The van der Waals surface area contributed by atoms with E-state index in [9.17, 15) is 4.79 Å². The molecule has 0 aromatic rings. The Kier molecular flexibility index (Phi) is 4.05. The summed E-state index contributed by atoms with van der Waals surface area (Å²) >= 11 is 0. The van der Waals surface area contributed by atoms with E-state index in [-0.39, 0.29) is 18.4 Å². The van der Waals surface area contributed by atoms with Crippen LogP contribution in [0.25, 0.3) is 0 Å². The second-order valence-electron chi connectivity index (χ2n) is 5.42. The van der Waals surface area contributed by atoms with E-state index in [0.29, 0.717) is 12.0 Å². The maximum atomic E-state index is 12.4. The fraction of sp³-hybridized carbons (Fsp3) is 0.923. The van der Waals surface area contributed by atoms with Crippen molar-refractivity contribution in [3.8, 4) is 0 Å². The van der Waals surface area contributed by atoms with E-state index in [1.165, 1.54) is 0 Å². The van der Waals surface area contributed by atoms with Gasteiger partial charge in [0.1, 0.15) is 0 Å². The van der Waals surface area contributed by atoms with Crippen molar-refractivity contribution >= 4 is 5.91 Å². The van der Waals surface area contributed by atoms with E-state index in [2.05, 4.69) is 12.2 Å². The van der Waals surface area contributed by atoms with Crippen LogP contribution in [0.5, 0.6) is 0 Å². The average molecular weight is 240 g/mol. The third-order valence-electron chi connectivity index (χ3n) is 4.26. The summed E-state index contributed by atoms with van der Waals surface area (Å²) in [5.74, 6) is 0.519. The number of hydrogen-bond donors (Lipinski definition) is 2. The molecule has 1 heterocycles. The molecule has 0 aromatic carbocycles. The number of aliphatic hydroxyl groups is 1. The lowest BCUT2D eigenvalue weighted by molar-refractivity contribution is -0.134. The fourth-order valence-corrected chi connectivity index (χ4v) is 3.12. The second-order valence-corrected chi connectivity index (χ2v) is 5.42. The van der Waals surface area contributed by atoms with E-state index in [1.807, 2.05) is 4.90 Å². The third-order valence-corrected chi connectivity index (χ3v) is 4.26. The normalized spacial score (nSPS) is 25.9. The number of amides is 1. The van der Waals surface area contributed by atoms with Gasteiger partial charge < -0.3 is 15.3 Å². The first kappa shape index (κ1) is 12.8. The zero-order valence-corrected chi connectivity index (χ0v) is 10.7. The molecule has 1 spiro atoms. The summed E-state index contributed by atoms with van der Waals surface area (Å²) < 4.78 is 0. The van der Waals surface area contributed by atoms with Crippen LogP contribution < -0.4 is 5.32 Å². The van der Waals surface area contributed by atoms with Crippen molar-refractivity contribution in [2.24, 2.45) is 11.3 Å². The molecule has 98 valence electrons. The summed E-state index contributed by atoms with van der Waals surface area (Å²) in [6.45, 7) is 5.54. The van der Waals surface area contributed by atoms with Crippen LogP contribution in [-0.4, -0.2) is 48.7 Å². The van der Waals surface area contributed by atoms with Crippen LogP contribution in [-0.2, 0) is 4.79 Å². The molecular weight excluding hydrogens is 216 g/mol. The first-order valence-electron chi connectivity index (χ1n) is 6.84. The molecule has 2 rings (SSSR count). The third kappa shape index (κ3) is 2.63. The molecule has 4 nitrogen and oxygen atoms in total. The molecule has 1 aliphatic heterocycles. The van der Waals surface area contributed by atoms with E-state index in [1.54, 1.807) is 0 Å². The standard InChI is InChI=1S/C13H24N2O2/c1-2-7-15(8-9-16)12(17)11-10-13(11)3-5-14-6-4-13/h11,14,16H,2-10H2,1H3. The van der Waals surface area contributed by atoms with Crippen molar-refractivity contribution in [2.45, 2.75) is 32.6 Å². The van der Waals surface area contributed by atoms with Crippen LogP contribution in [0.3, 0.4) is 0 Å². The highest BCUT2D eigenvalue weighted by atomic mass is 16.3. The van der Waals surface area contributed by atoms with Crippen molar-refractivity contribution in [1.82, 2.24) is 10.2 Å². The Morgan fingerprint density at radius 2 is 2.12 bits per heavy atom. The molecular formula is C13H24N2O2. The topological polar surface area (TPSA) is 52.6 Å². The van der Waals surface area contributed by atoms with Gasteiger partial charge in [0.05, 0.1) is 6.61 Å². The quantitative estimate of drug-likeness (QED) is 0.740. The van der Waals surface area contributed by atoms with Crippen molar-refractivity contribution in [1.29, 1.82) is 0 Å². The van der Waals surface area contributed by atoms with E-state index >= 15 is 0 Å². The molecule has 1 amide bonds. The Balaban J connectivity index is 1.91. The molecule has 1 atom stereocenters. The number of piperidine rings is 1. The Labute approximate surface area is 103 Å². The highest BCUT2D eigenvalue weighted by Gasteiger charge is 2.58. The van der Waals surface area contributed by atoms with Gasteiger partial charge in [-0.25, -0.2) is 0 Å². The molecule has 1 aliphatic carbocycles. The van der Waals surface area contributed by atoms with Crippen LogP contribution in [0.1, 0.15) is 32.6 Å². The van der Waals surface area contributed by atoms with Gasteiger partial charge >= 0.3 is 0 Å². The molecule has 2 N–H and O–H groups in total. The van der Waals surface area contributed by atoms with Gasteiger partial charge in [-0.1, -0.05) is 6.92 Å². The summed E-state index contributed by atoms with van der Waals surface area (Å²) in [6, 6.07) is 0. The molecule has 1 unspecified atom stereocenters. The summed E-state index contributed by atoms with van der Waals surface area (Å²) in [5.41, 5.74) is 0.309. The molecule has 1 saturated carbocycles. The number of hydrogen-bond acceptors (Lipinski definition) is 3.